The number of aromatic nitrogens is 1. The van der Waals surface area contributed by atoms with Gasteiger partial charge in [-0.3, -0.25) is 24.2 Å². The van der Waals surface area contributed by atoms with Gasteiger partial charge in [-0.1, -0.05) is 6.92 Å². The predicted molar refractivity (Wildman–Crippen MR) is 173 cm³/mol. The molecule has 0 radical (unpaired) electrons. The highest BCUT2D eigenvalue weighted by Gasteiger charge is 2.29. The molecule has 0 bridgehead atoms. The summed E-state index contributed by atoms with van der Waals surface area (Å²) in [6.45, 7) is 14.1. The first-order chi connectivity index (χ1) is 21.7. The fourth-order valence-corrected chi connectivity index (χ4v) is 4.98. The first kappa shape index (κ1) is 36.7. The first-order valence-corrected chi connectivity index (χ1v) is 15.5. The molecule has 2 heterocycles. The minimum absolute atomic E-state index is 0.0539. The van der Waals surface area contributed by atoms with Crippen molar-refractivity contribution in [2.45, 2.75) is 47.1 Å². The lowest BCUT2D eigenvalue weighted by atomic mass is 10.0. The molecule has 1 aromatic carbocycles. The molecule has 3 N–H and O–H groups in total. The van der Waals surface area contributed by atoms with Gasteiger partial charge in [-0.2, -0.15) is 0 Å². The van der Waals surface area contributed by atoms with Gasteiger partial charge in [0.15, 0.2) is 0 Å². The van der Waals surface area contributed by atoms with E-state index in [0.29, 0.717) is 80.8 Å². The maximum atomic E-state index is 13.9. The molecule has 0 saturated heterocycles. The quantitative estimate of drug-likeness (QED) is 0.105. The first-order valence-electron chi connectivity index (χ1n) is 15.1. The topological polar surface area (TPSA) is 142 Å². The Morgan fingerprint density at radius 3 is 2.39 bits per heavy atom. The number of alkyl carbamates (subject to hydrolysis) is 1. The van der Waals surface area contributed by atoms with Crippen LogP contribution in [0.2, 0.25) is 0 Å². The Labute approximate surface area is 273 Å². The second-order valence-electron chi connectivity index (χ2n) is 11.7. The van der Waals surface area contributed by atoms with Crippen LogP contribution in [-0.4, -0.2) is 103 Å². The molecule has 0 aliphatic carbocycles. The third-order valence-electron chi connectivity index (χ3n) is 7.13. The van der Waals surface area contributed by atoms with Crippen LogP contribution in [0.15, 0.2) is 18.2 Å². The van der Waals surface area contributed by atoms with Crippen molar-refractivity contribution in [3.63, 3.8) is 0 Å². The van der Waals surface area contributed by atoms with Crippen molar-refractivity contribution < 1.29 is 37.8 Å². The number of carbonyl (C=O) groups is 4. The summed E-state index contributed by atoms with van der Waals surface area (Å²) in [7, 11) is 0. The van der Waals surface area contributed by atoms with Crippen LogP contribution in [0.3, 0.4) is 0 Å². The number of halogens is 2. The van der Waals surface area contributed by atoms with E-state index in [2.05, 4.69) is 15.6 Å². The number of rotatable bonds is 15. The molecule has 1 aromatic heterocycles. The predicted octanol–water partition coefficient (Wildman–Crippen LogP) is 4.94. The van der Waals surface area contributed by atoms with E-state index in [1.54, 1.807) is 40.7 Å². The van der Waals surface area contributed by atoms with E-state index in [-0.39, 0.29) is 23.6 Å². The van der Waals surface area contributed by atoms with E-state index in [1.165, 1.54) is 18.2 Å². The van der Waals surface area contributed by atoms with Crippen LogP contribution in [0.1, 0.15) is 60.6 Å². The van der Waals surface area contributed by atoms with Crippen LogP contribution in [0.4, 0.5) is 19.7 Å². The molecule has 4 amide bonds. The molecular weight excluding hydrogens is 621 g/mol. The van der Waals surface area contributed by atoms with Crippen molar-refractivity contribution >= 4 is 52.2 Å². The van der Waals surface area contributed by atoms with E-state index in [0.717, 1.165) is 4.90 Å². The normalized spacial score (nSPS) is 13.6. The Morgan fingerprint density at radius 2 is 1.74 bits per heavy atom. The summed E-state index contributed by atoms with van der Waals surface area (Å²) in [4.78, 5) is 56.2. The number of H-pyrrole nitrogens is 1. The van der Waals surface area contributed by atoms with E-state index >= 15 is 0 Å². The maximum Gasteiger partial charge on any atom is 0.407 e. The van der Waals surface area contributed by atoms with Crippen molar-refractivity contribution in [3.8, 4) is 0 Å². The smallest absolute Gasteiger partial charge is 0.407 e. The SMILES string of the molecule is CCN(CCOCCOCCNC(=O)OC(C)(C)C)CCN(C(=O)Cl)C(=O)c1c(C)[nH]c(/C=C2\C(=O)Nc3ccc(F)cc32)c1C. The molecule has 0 saturated carbocycles. The number of ether oxygens (including phenoxy) is 3. The molecule has 2 aromatic rings. The number of carbonyl (C=O) groups excluding carboxylic acids is 4. The van der Waals surface area contributed by atoms with E-state index < -0.39 is 28.8 Å². The van der Waals surface area contributed by atoms with Crippen molar-refractivity contribution in [2.75, 3.05) is 64.5 Å². The standard InChI is InChI=1S/C32H43ClFN5O7/c1-7-38(13-15-45-17-16-44-14-10-35-31(43)46-32(4,5)6)11-12-39(30(33)42)29(41)27-20(2)26(36-21(27)3)19-24-23-18-22(34)8-9-25(23)37-28(24)40/h8-9,18-19,36H,7,10-17H2,1-6H3,(H,35,43)(H,37,40)/b24-19-. The van der Waals surface area contributed by atoms with Crippen LogP contribution >= 0.6 is 11.6 Å². The van der Waals surface area contributed by atoms with Gasteiger partial charge in [-0.25, -0.2) is 9.18 Å². The summed E-state index contributed by atoms with van der Waals surface area (Å²) in [5.74, 6) is -1.43. The van der Waals surface area contributed by atoms with E-state index in [4.69, 9.17) is 25.8 Å². The van der Waals surface area contributed by atoms with Crippen molar-refractivity contribution in [1.29, 1.82) is 0 Å². The molecule has 14 heteroatoms. The van der Waals surface area contributed by atoms with E-state index in [9.17, 15) is 23.6 Å². The average molecular weight is 664 g/mol. The molecule has 46 heavy (non-hydrogen) atoms. The minimum atomic E-state index is -0.907. The fourth-order valence-electron chi connectivity index (χ4n) is 4.82. The average Bonchev–Trinajstić information content (AvgIpc) is 3.42. The molecule has 0 spiro atoms. The third kappa shape index (κ3) is 10.4. The molecular formula is C32H43ClFN5O7. The largest absolute Gasteiger partial charge is 0.444 e. The van der Waals surface area contributed by atoms with Gasteiger partial charge in [0.2, 0.25) is 0 Å². The van der Waals surface area contributed by atoms with Crippen molar-refractivity contribution in [2.24, 2.45) is 0 Å². The number of hydrogen-bond donors (Lipinski definition) is 3. The van der Waals surface area contributed by atoms with Gasteiger partial charge in [0.1, 0.15) is 11.4 Å². The summed E-state index contributed by atoms with van der Waals surface area (Å²) in [6.07, 6.45) is 1.07. The molecule has 3 rings (SSSR count). The van der Waals surface area contributed by atoms with Crippen LogP contribution in [0.5, 0.6) is 0 Å². The summed E-state index contributed by atoms with van der Waals surface area (Å²) in [6, 6.07) is 4.03. The van der Waals surface area contributed by atoms with Crippen molar-refractivity contribution in [3.05, 3.63) is 52.1 Å². The summed E-state index contributed by atoms with van der Waals surface area (Å²) in [5.41, 5.74) is 2.40. The Balaban J connectivity index is 1.50. The summed E-state index contributed by atoms with van der Waals surface area (Å²) in [5, 5.41) is 4.41. The Hall–Kier alpha value is -3.78. The van der Waals surface area contributed by atoms with Crippen LogP contribution in [-0.2, 0) is 19.0 Å². The van der Waals surface area contributed by atoms with Crippen molar-refractivity contribution in [1.82, 2.24) is 20.1 Å². The van der Waals surface area contributed by atoms with Crippen LogP contribution in [0.25, 0.3) is 11.6 Å². The fraction of sp³-hybridized carbons (Fsp3) is 0.500. The van der Waals surface area contributed by atoms with Gasteiger partial charge in [0.05, 0.1) is 37.6 Å². The number of aryl methyl sites for hydroxylation is 1. The Kier molecular flexibility index (Phi) is 13.3. The van der Waals surface area contributed by atoms with Gasteiger partial charge in [-0.05, 0) is 82.6 Å². The molecule has 0 atom stereocenters. The number of amides is 4. The molecule has 1 aliphatic rings. The third-order valence-corrected chi connectivity index (χ3v) is 7.33. The zero-order valence-corrected chi connectivity index (χ0v) is 27.9. The second kappa shape index (κ2) is 16.7. The second-order valence-corrected chi connectivity index (χ2v) is 12.0. The molecule has 252 valence electrons. The highest BCUT2D eigenvalue weighted by molar-refractivity contribution is 6.64. The lowest BCUT2D eigenvalue weighted by Crippen LogP contribution is -2.41. The number of hydrogen-bond acceptors (Lipinski definition) is 8. The zero-order valence-electron chi connectivity index (χ0n) is 27.2. The van der Waals surface area contributed by atoms with Gasteiger partial charge in [0, 0.05) is 48.8 Å². The number of likely N-dealkylation sites (N-methyl/N-ethyl adjacent to an activating group) is 1. The highest BCUT2D eigenvalue weighted by atomic mass is 35.5. The van der Waals surface area contributed by atoms with Crippen LogP contribution < -0.4 is 10.6 Å². The van der Waals surface area contributed by atoms with E-state index in [1.807, 2.05) is 11.8 Å². The number of anilines is 1. The zero-order chi connectivity index (χ0) is 34.0. The lowest BCUT2D eigenvalue weighted by molar-refractivity contribution is -0.110. The Bertz CT molecular complexity index is 1450. The van der Waals surface area contributed by atoms with Gasteiger partial charge in [-0.15, -0.1) is 0 Å². The molecule has 0 unspecified atom stereocenters. The minimum Gasteiger partial charge on any atom is -0.444 e. The number of aromatic amines is 1. The highest BCUT2D eigenvalue weighted by Crippen LogP contribution is 2.34. The molecule has 12 nitrogen and oxygen atoms in total. The number of nitrogens with one attached hydrogen (secondary N) is 3. The lowest BCUT2D eigenvalue weighted by Gasteiger charge is -2.24. The monoisotopic (exact) mass is 663 g/mol. The van der Waals surface area contributed by atoms with Gasteiger partial charge < -0.3 is 29.8 Å². The number of fused-ring (bicyclic) bond motifs is 1. The van der Waals surface area contributed by atoms with Gasteiger partial charge in [0.25, 0.3) is 11.8 Å². The van der Waals surface area contributed by atoms with Gasteiger partial charge >= 0.3 is 11.5 Å². The number of nitrogens with zero attached hydrogens (tertiary/aromatic N) is 2. The maximum absolute atomic E-state index is 13.9. The number of imide groups is 1. The van der Waals surface area contributed by atoms with Crippen LogP contribution in [0, 0.1) is 19.7 Å². The number of benzene rings is 1. The summed E-state index contributed by atoms with van der Waals surface area (Å²) >= 11 is 5.87. The molecule has 1 aliphatic heterocycles. The molecule has 0 fully saturated rings. The summed E-state index contributed by atoms with van der Waals surface area (Å²) < 4.78 is 30.1. The Morgan fingerprint density at radius 1 is 1.04 bits per heavy atom.